The van der Waals surface area contributed by atoms with Gasteiger partial charge >= 0.3 is 0 Å². The highest BCUT2D eigenvalue weighted by atomic mass is 35.5. The fourth-order valence-electron chi connectivity index (χ4n) is 3.48. The number of benzene rings is 2. The number of allylic oxidation sites excluding steroid dienone is 1. The average molecular weight is 425 g/mol. The first-order valence-electron chi connectivity index (χ1n) is 9.62. The summed E-state index contributed by atoms with van der Waals surface area (Å²) in [5.74, 6) is -0.0371. The zero-order valence-corrected chi connectivity index (χ0v) is 17.7. The van der Waals surface area contributed by atoms with E-state index in [2.05, 4.69) is 53.2 Å². The third-order valence-electron chi connectivity index (χ3n) is 5.20. The van der Waals surface area contributed by atoms with Gasteiger partial charge < -0.3 is 5.11 Å². The van der Waals surface area contributed by atoms with Crippen molar-refractivity contribution in [2.45, 2.75) is 19.9 Å². The first kappa shape index (κ1) is 20.0. The minimum absolute atomic E-state index is 0.0371. The molecule has 0 amide bonds. The number of rotatable bonds is 4. The highest BCUT2D eigenvalue weighted by Crippen LogP contribution is 2.36. The molecule has 0 radical (unpaired) electrons. The van der Waals surface area contributed by atoms with E-state index in [-0.39, 0.29) is 10.8 Å². The number of aryl methyl sites for hydroxylation is 1. The number of nitrogens with zero attached hydrogens (tertiary/aromatic N) is 2. The molecule has 0 saturated carbocycles. The molecule has 3 nitrogen and oxygen atoms in total. The zero-order valence-electron chi connectivity index (χ0n) is 16.2. The number of aromatic nitrogens is 1. The Bertz CT molecular complexity index is 1100. The van der Waals surface area contributed by atoms with Gasteiger partial charge in [-0.05, 0) is 48.8 Å². The van der Waals surface area contributed by atoms with Crippen molar-refractivity contribution in [1.82, 2.24) is 9.88 Å². The van der Waals surface area contributed by atoms with E-state index in [0.717, 1.165) is 31.7 Å². The Labute approximate surface area is 180 Å². The van der Waals surface area contributed by atoms with Crippen molar-refractivity contribution < 1.29 is 5.11 Å². The third kappa shape index (κ3) is 4.64. The van der Waals surface area contributed by atoms with E-state index in [1.54, 1.807) is 0 Å². The van der Waals surface area contributed by atoms with Crippen LogP contribution in [0.2, 0.25) is 10.0 Å². The summed E-state index contributed by atoms with van der Waals surface area (Å²) in [6.07, 6.45) is 7.33. The first-order valence-corrected chi connectivity index (χ1v) is 10.4. The highest BCUT2D eigenvalue weighted by molar-refractivity contribution is 6.39. The molecule has 148 valence electrons. The molecule has 4 rings (SSSR count). The van der Waals surface area contributed by atoms with Gasteiger partial charge in [0.25, 0.3) is 0 Å². The predicted molar refractivity (Wildman–Crippen MR) is 122 cm³/mol. The van der Waals surface area contributed by atoms with Crippen LogP contribution in [0.1, 0.15) is 23.2 Å². The number of fused-ring (bicyclic) bond motifs is 1. The SMILES string of the molecule is Cc1ccc(CN2CC=C(C=Cc3ccc4c(Cl)cc(Cl)c(O)c4n3)CC2)cc1. The van der Waals surface area contributed by atoms with E-state index in [4.69, 9.17) is 23.2 Å². The van der Waals surface area contributed by atoms with Crippen molar-refractivity contribution in [3.05, 3.63) is 87.1 Å². The fourth-order valence-corrected chi connectivity index (χ4v) is 3.99. The van der Waals surface area contributed by atoms with E-state index in [1.165, 1.54) is 22.8 Å². The molecular formula is C24H22Cl2N2O. The molecule has 0 spiro atoms. The number of aromatic hydroxyl groups is 1. The van der Waals surface area contributed by atoms with E-state index < -0.39 is 0 Å². The number of hydrogen-bond donors (Lipinski definition) is 1. The Hall–Kier alpha value is -2.33. The van der Waals surface area contributed by atoms with Gasteiger partial charge in [-0.2, -0.15) is 0 Å². The van der Waals surface area contributed by atoms with Crippen LogP contribution in [0.25, 0.3) is 17.0 Å². The maximum absolute atomic E-state index is 10.2. The number of phenolic OH excluding ortho intramolecular Hbond substituents is 1. The van der Waals surface area contributed by atoms with Crippen molar-refractivity contribution >= 4 is 40.2 Å². The van der Waals surface area contributed by atoms with Crippen LogP contribution >= 0.6 is 23.2 Å². The Morgan fingerprint density at radius 3 is 2.59 bits per heavy atom. The van der Waals surface area contributed by atoms with Crippen LogP contribution in [0, 0.1) is 6.92 Å². The molecule has 1 aromatic heterocycles. The van der Waals surface area contributed by atoms with Crippen molar-refractivity contribution in [3.8, 4) is 5.75 Å². The van der Waals surface area contributed by atoms with Gasteiger partial charge in [0.15, 0.2) is 5.75 Å². The molecule has 2 heterocycles. The average Bonchev–Trinajstić information content (AvgIpc) is 2.73. The zero-order chi connectivity index (χ0) is 20.4. The molecule has 1 aliphatic heterocycles. The topological polar surface area (TPSA) is 36.4 Å². The van der Waals surface area contributed by atoms with Crippen LogP contribution in [0.3, 0.4) is 0 Å². The smallest absolute Gasteiger partial charge is 0.160 e. The Morgan fingerprint density at radius 1 is 1.07 bits per heavy atom. The van der Waals surface area contributed by atoms with E-state index in [0.29, 0.717) is 15.9 Å². The van der Waals surface area contributed by atoms with Gasteiger partial charge in [0.05, 0.1) is 15.7 Å². The van der Waals surface area contributed by atoms with Crippen molar-refractivity contribution in [3.63, 3.8) is 0 Å². The molecule has 3 aromatic rings. The number of halogens is 2. The lowest BCUT2D eigenvalue weighted by molar-refractivity contribution is 0.287. The number of pyridine rings is 1. The quantitative estimate of drug-likeness (QED) is 0.525. The number of phenols is 1. The summed E-state index contributed by atoms with van der Waals surface area (Å²) in [6, 6.07) is 14.0. The third-order valence-corrected chi connectivity index (χ3v) is 5.80. The molecule has 0 atom stereocenters. The van der Waals surface area contributed by atoms with Gasteiger partial charge in [-0.3, -0.25) is 4.90 Å². The second-order valence-electron chi connectivity index (χ2n) is 7.40. The molecule has 1 N–H and O–H groups in total. The second-order valence-corrected chi connectivity index (χ2v) is 8.22. The summed E-state index contributed by atoms with van der Waals surface area (Å²) < 4.78 is 0. The van der Waals surface area contributed by atoms with Crippen molar-refractivity contribution in [2.24, 2.45) is 0 Å². The molecule has 0 unspecified atom stereocenters. The maximum atomic E-state index is 10.2. The fraction of sp³-hybridized carbons (Fsp3) is 0.208. The van der Waals surface area contributed by atoms with Gasteiger partial charge in [0.2, 0.25) is 0 Å². The first-order chi connectivity index (χ1) is 14.0. The Morgan fingerprint density at radius 2 is 1.86 bits per heavy atom. The summed E-state index contributed by atoms with van der Waals surface area (Å²) in [6.45, 7) is 5.05. The van der Waals surface area contributed by atoms with Crippen LogP contribution in [0.15, 0.2) is 60.2 Å². The molecule has 2 aromatic carbocycles. The van der Waals surface area contributed by atoms with Gasteiger partial charge in [-0.1, -0.05) is 65.2 Å². The van der Waals surface area contributed by atoms with E-state index in [9.17, 15) is 5.11 Å². The highest BCUT2D eigenvalue weighted by Gasteiger charge is 2.12. The lowest BCUT2D eigenvalue weighted by atomic mass is 10.1. The van der Waals surface area contributed by atoms with Crippen molar-refractivity contribution in [1.29, 1.82) is 0 Å². The summed E-state index contributed by atoms with van der Waals surface area (Å²) in [7, 11) is 0. The minimum Gasteiger partial charge on any atom is -0.504 e. The normalized spacial score (nSPS) is 15.2. The summed E-state index contributed by atoms with van der Waals surface area (Å²) in [4.78, 5) is 6.96. The lowest BCUT2D eigenvalue weighted by Gasteiger charge is -2.25. The monoisotopic (exact) mass is 424 g/mol. The summed E-state index contributed by atoms with van der Waals surface area (Å²) in [5.41, 5.74) is 5.11. The van der Waals surface area contributed by atoms with Gasteiger partial charge in [-0.15, -0.1) is 0 Å². The molecular weight excluding hydrogens is 403 g/mol. The van der Waals surface area contributed by atoms with Crippen LogP contribution < -0.4 is 0 Å². The molecule has 29 heavy (non-hydrogen) atoms. The second kappa shape index (κ2) is 8.58. The lowest BCUT2D eigenvalue weighted by Crippen LogP contribution is -2.28. The summed E-state index contributed by atoms with van der Waals surface area (Å²) in [5, 5.41) is 11.6. The molecule has 0 saturated heterocycles. The molecule has 5 heteroatoms. The van der Waals surface area contributed by atoms with Crippen LogP contribution in [-0.2, 0) is 6.54 Å². The van der Waals surface area contributed by atoms with Crippen LogP contribution in [0.5, 0.6) is 5.75 Å². The van der Waals surface area contributed by atoms with Gasteiger partial charge in [-0.25, -0.2) is 4.98 Å². The standard InChI is InChI=1S/C24H22Cl2N2O/c1-16-2-4-18(5-3-16)15-28-12-10-17(11-13-28)6-7-19-8-9-20-21(25)14-22(26)24(29)23(20)27-19/h2-10,14,29H,11-13,15H2,1H3. The Balaban J connectivity index is 1.45. The van der Waals surface area contributed by atoms with Gasteiger partial charge in [0.1, 0.15) is 5.52 Å². The number of hydrogen-bond acceptors (Lipinski definition) is 3. The Kier molecular flexibility index (Phi) is 5.91. The summed E-state index contributed by atoms with van der Waals surface area (Å²) >= 11 is 12.2. The van der Waals surface area contributed by atoms with E-state index in [1.807, 2.05) is 18.2 Å². The predicted octanol–water partition coefficient (Wildman–Crippen LogP) is 6.40. The molecule has 0 fully saturated rings. The van der Waals surface area contributed by atoms with Crippen molar-refractivity contribution in [2.75, 3.05) is 13.1 Å². The minimum atomic E-state index is -0.0371. The largest absolute Gasteiger partial charge is 0.504 e. The van der Waals surface area contributed by atoms with Crippen LogP contribution in [-0.4, -0.2) is 28.1 Å². The molecule has 0 aliphatic carbocycles. The molecule has 0 bridgehead atoms. The van der Waals surface area contributed by atoms with E-state index >= 15 is 0 Å². The van der Waals surface area contributed by atoms with Gasteiger partial charge in [0, 0.05) is 25.0 Å². The molecule has 1 aliphatic rings. The maximum Gasteiger partial charge on any atom is 0.160 e. The van der Waals surface area contributed by atoms with Crippen LogP contribution in [0.4, 0.5) is 0 Å².